The highest BCUT2D eigenvalue weighted by molar-refractivity contribution is 6.30. The van der Waals surface area contributed by atoms with E-state index in [1.165, 1.54) is 0 Å². The molecule has 1 aromatic heterocycles. The van der Waals surface area contributed by atoms with Crippen LogP contribution in [-0.2, 0) is 4.79 Å². The standard InChI is InChI=1S/C19H18ClN3O2/c1-12-9-15(20)7-8-18(12)25-13(2)19(24)23-22-11-14-10-21-17-6-4-3-5-16(14)17/h3-11,13,21H,1-2H3,(H,23,24)/b22-11+. The number of benzene rings is 2. The summed E-state index contributed by atoms with van der Waals surface area (Å²) in [6, 6.07) is 13.1. The summed E-state index contributed by atoms with van der Waals surface area (Å²) in [5.41, 5.74) is 5.29. The third kappa shape index (κ3) is 4.00. The second-order valence-electron chi connectivity index (χ2n) is 5.69. The minimum atomic E-state index is -0.681. The Kier molecular flexibility index (Phi) is 5.05. The molecule has 5 nitrogen and oxygen atoms in total. The molecule has 0 aliphatic carbocycles. The number of nitrogens with zero attached hydrogens (tertiary/aromatic N) is 1. The van der Waals surface area contributed by atoms with Gasteiger partial charge in [-0.2, -0.15) is 5.10 Å². The van der Waals surface area contributed by atoms with Crippen molar-refractivity contribution in [2.75, 3.05) is 0 Å². The molecule has 0 saturated carbocycles. The summed E-state index contributed by atoms with van der Waals surface area (Å²) < 4.78 is 5.67. The minimum Gasteiger partial charge on any atom is -0.481 e. The molecule has 128 valence electrons. The Bertz CT molecular complexity index is 933. The molecular weight excluding hydrogens is 338 g/mol. The van der Waals surface area contributed by atoms with Crippen LogP contribution in [0.4, 0.5) is 0 Å². The molecule has 0 aliphatic heterocycles. The number of hydrogen-bond donors (Lipinski definition) is 2. The van der Waals surface area contributed by atoms with Gasteiger partial charge in [-0.1, -0.05) is 29.8 Å². The third-order valence-corrected chi connectivity index (χ3v) is 4.04. The SMILES string of the molecule is Cc1cc(Cl)ccc1OC(C)C(=O)N/N=C/c1c[nH]c2ccccc12. The van der Waals surface area contributed by atoms with Crippen LogP contribution in [0.5, 0.6) is 5.75 Å². The van der Waals surface area contributed by atoms with Crippen molar-refractivity contribution in [3.05, 3.63) is 64.8 Å². The molecule has 3 rings (SSSR count). The Balaban J connectivity index is 1.61. The molecule has 0 radical (unpaired) electrons. The number of aryl methyl sites for hydroxylation is 1. The molecule has 1 heterocycles. The van der Waals surface area contributed by atoms with Crippen molar-refractivity contribution in [2.24, 2.45) is 5.10 Å². The van der Waals surface area contributed by atoms with Crippen molar-refractivity contribution in [3.63, 3.8) is 0 Å². The molecule has 3 aromatic rings. The highest BCUT2D eigenvalue weighted by Gasteiger charge is 2.15. The van der Waals surface area contributed by atoms with E-state index >= 15 is 0 Å². The second kappa shape index (κ2) is 7.40. The van der Waals surface area contributed by atoms with Crippen molar-refractivity contribution >= 4 is 34.6 Å². The molecule has 0 saturated heterocycles. The third-order valence-electron chi connectivity index (χ3n) is 3.81. The quantitative estimate of drug-likeness (QED) is 0.535. The Morgan fingerprint density at radius 2 is 2.12 bits per heavy atom. The second-order valence-corrected chi connectivity index (χ2v) is 6.13. The van der Waals surface area contributed by atoms with Crippen LogP contribution in [0.15, 0.2) is 53.8 Å². The number of amides is 1. The number of hydrazone groups is 1. The van der Waals surface area contributed by atoms with Gasteiger partial charge in [-0.3, -0.25) is 4.79 Å². The number of fused-ring (bicyclic) bond motifs is 1. The zero-order valence-corrected chi connectivity index (χ0v) is 14.7. The monoisotopic (exact) mass is 355 g/mol. The molecule has 2 N–H and O–H groups in total. The van der Waals surface area contributed by atoms with Crippen molar-refractivity contribution in [1.82, 2.24) is 10.4 Å². The first kappa shape index (κ1) is 17.0. The van der Waals surface area contributed by atoms with Crippen LogP contribution in [0, 0.1) is 6.92 Å². The number of aromatic amines is 1. The zero-order chi connectivity index (χ0) is 17.8. The van der Waals surface area contributed by atoms with E-state index < -0.39 is 6.10 Å². The molecule has 1 unspecified atom stereocenters. The summed E-state index contributed by atoms with van der Waals surface area (Å²) in [5, 5.41) is 5.69. The van der Waals surface area contributed by atoms with Crippen LogP contribution < -0.4 is 10.2 Å². The van der Waals surface area contributed by atoms with E-state index in [4.69, 9.17) is 16.3 Å². The average Bonchev–Trinajstić information content (AvgIpc) is 3.00. The molecule has 1 amide bonds. The van der Waals surface area contributed by atoms with Gasteiger partial charge in [0.2, 0.25) is 0 Å². The lowest BCUT2D eigenvalue weighted by Crippen LogP contribution is -2.33. The van der Waals surface area contributed by atoms with Crippen LogP contribution >= 0.6 is 11.6 Å². The summed E-state index contributed by atoms with van der Waals surface area (Å²) in [5.74, 6) is 0.290. The molecule has 0 fully saturated rings. The molecule has 0 aliphatic rings. The Morgan fingerprint density at radius 3 is 2.92 bits per heavy atom. The number of ether oxygens (including phenoxy) is 1. The van der Waals surface area contributed by atoms with E-state index in [2.05, 4.69) is 15.5 Å². The van der Waals surface area contributed by atoms with E-state index in [9.17, 15) is 4.79 Å². The number of aromatic nitrogens is 1. The van der Waals surface area contributed by atoms with Gasteiger partial charge in [-0.15, -0.1) is 0 Å². The number of H-pyrrole nitrogens is 1. The number of para-hydroxylation sites is 1. The molecular formula is C19H18ClN3O2. The maximum Gasteiger partial charge on any atom is 0.280 e. The molecule has 25 heavy (non-hydrogen) atoms. The fourth-order valence-electron chi connectivity index (χ4n) is 2.45. The van der Waals surface area contributed by atoms with E-state index in [1.807, 2.05) is 37.4 Å². The fraction of sp³-hybridized carbons (Fsp3) is 0.158. The first-order valence-corrected chi connectivity index (χ1v) is 8.24. The normalized spacial score (nSPS) is 12.4. The van der Waals surface area contributed by atoms with Crippen LogP contribution in [0.2, 0.25) is 5.02 Å². The lowest BCUT2D eigenvalue weighted by molar-refractivity contribution is -0.127. The number of halogens is 1. The summed E-state index contributed by atoms with van der Waals surface area (Å²) in [6.45, 7) is 3.55. The van der Waals surface area contributed by atoms with E-state index in [0.717, 1.165) is 22.0 Å². The Morgan fingerprint density at radius 1 is 1.32 bits per heavy atom. The maximum atomic E-state index is 12.1. The van der Waals surface area contributed by atoms with Crippen molar-refractivity contribution in [2.45, 2.75) is 20.0 Å². The predicted molar refractivity (Wildman–Crippen MR) is 100 cm³/mol. The fourth-order valence-corrected chi connectivity index (χ4v) is 2.67. The topological polar surface area (TPSA) is 66.5 Å². The van der Waals surface area contributed by atoms with Gasteiger partial charge in [-0.25, -0.2) is 5.43 Å². The van der Waals surface area contributed by atoms with Crippen LogP contribution in [-0.4, -0.2) is 23.2 Å². The van der Waals surface area contributed by atoms with Gasteiger partial charge in [0.15, 0.2) is 6.10 Å². The van der Waals surface area contributed by atoms with Crippen molar-refractivity contribution in [3.8, 4) is 5.75 Å². The molecule has 6 heteroatoms. The highest BCUT2D eigenvalue weighted by Crippen LogP contribution is 2.22. The van der Waals surface area contributed by atoms with E-state index in [0.29, 0.717) is 10.8 Å². The number of nitrogens with one attached hydrogen (secondary N) is 2. The van der Waals surface area contributed by atoms with Crippen LogP contribution in [0.1, 0.15) is 18.1 Å². The molecule has 0 bridgehead atoms. The highest BCUT2D eigenvalue weighted by atomic mass is 35.5. The van der Waals surface area contributed by atoms with Gasteiger partial charge in [0.05, 0.1) is 6.21 Å². The molecule has 1 atom stereocenters. The Labute approximate surface area is 150 Å². The summed E-state index contributed by atoms with van der Waals surface area (Å²) in [7, 11) is 0. The van der Waals surface area contributed by atoms with Gasteiger partial charge in [0.25, 0.3) is 5.91 Å². The smallest absolute Gasteiger partial charge is 0.280 e. The zero-order valence-electron chi connectivity index (χ0n) is 13.9. The van der Waals surface area contributed by atoms with Crippen molar-refractivity contribution < 1.29 is 9.53 Å². The average molecular weight is 356 g/mol. The summed E-state index contributed by atoms with van der Waals surface area (Å²) >= 11 is 5.92. The van der Waals surface area contributed by atoms with Gasteiger partial charge in [0.1, 0.15) is 5.75 Å². The summed E-state index contributed by atoms with van der Waals surface area (Å²) in [4.78, 5) is 15.3. The maximum absolute atomic E-state index is 12.1. The van der Waals surface area contributed by atoms with E-state index in [1.54, 1.807) is 31.3 Å². The van der Waals surface area contributed by atoms with Crippen LogP contribution in [0.3, 0.4) is 0 Å². The minimum absolute atomic E-state index is 0.328. The predicted octanol–water partition coefficient (Wildman–Crippen LogP) is 4.05. The van der Waals surface area contributed by atoms with Crippen LogP contribution in [0.25, 0.3) is 10.9 Å². The first-order valence-electron chi connectivity index (χ1n) is 7.86. The lowest BCUT2D eigenvalue weighted by atomic mass is 10.2. The largest absolute Gasteiger partial charge is 0.481 e. The Hall–Kier alpha value is -2.79. The number of hydrogen-bond acceptors (Lipinski definition) is 3. The molecule has 0 spiro atoms. The van der Waals surface area contributed by atoms with E-state index in [-0.39, 0.29) is 5.91 Å². The van der Waals surface area contributed by atoms with Gasteiger partial charge in [-0.05, 0) is 43.7 Å². The van der Waals surface area contributed by atoms with Crippen molar-refractivity contribution in [1.29, 1.82) is 0 Å². The molecule has 2 aromatic carbocycles. The number of carbonyl (C=O) groups excluding carboxylic acids is 1. The number of carbonyl (C=O) groups is 1. The number of rotatable bonds is 5. The van der Waals surface area contributed by atoms with Gasteiger partial charge < -0.3 is 9.72 Å². The van der Waals surface area contributed by atoms with Gasteiger partial charge >= 0.3 is 0 Å². The first-order chi connectivity index (χ1) is 12.0. The lowest BCUT2D eigenvalue weighted by Gasteiger charge is -2.14. The summed E-state index contributed by atoms with van der Waals surface area (Å²) in [6.07, 6.45) is 2.77. The van der Waals surface area contributed by atoms with Gasteiger partial charge in [0, 0.05) is 27.7 Å².